The second-order valence-electron chi connectivity index (χ2n) is 23.6. The number of aliphatic hydroxyl groups excluding tert-OH is 11. The van der Waals surface area contributed by atoms with Crippen LogP contribution in [0.15, 0.2) is 85.1 Å². The van der Waals surface area contributed by atoms with Crippen molar-refractivity contribution in [3.05, 3.63) is 85.1 Å². The van der Waals surface area contributed by atoms with Crippen molar-refractivity contribution < 1.29 is 89.4 Å². The lowest BCUT2D eigenvalue weighted by molar-refractivity contribution is -0.379. The number of nitrogens with one attached hydrogen (secondary N) is 1. The molecule has 0 bridgehead atoms. The van der Waals surface area contributed by atoms with E-state index in [1.54, 1.807) is 6.08 Å². The largest absolute Gasteiger partial charge is 0.394 e. The molecule has 0 spiro atoms. The first-order valence-electron chi connectivity index (χ1n) is 33.3. The van der Waals surface area contributed by atoms with Gasteiger partial charge in [0.15, 0.2) is 18.9 Å². The predicted octanol–water partition coefficient (Wildman–Crippen LogP) is 7.93. The van der Waals surface area contributed by atoms with Crippen molar-refractivity contribution in [3.8, 4) is 0 Å². The summed E-state index contributed by atoms with van der Waals surface area (Å²) in [5, 5.41) is 120. The molecule has 0 radical (unpaired) electrons. The van der Waals surface area contributed by atoms with Crippen molar-refractivity contribution in [2.24, 2.45) is 0 Å². The Balaban J connectivity index is 1.44. The minimum absolute atomic E-state index is 0.228. The van der Waals surface area contributed by atoms with Crippen LogP contribution in [-0.4, -0.2) is 193 Å². The molecule has 3 heterocycles. The Bertz CT molecular complexity index is 1910. The molecule has 0 aromatic rings. The second-order valence-corrected chi connectivity index (χ2v) is 23.6. The number of aliphatic hydroxyl groups is 11. The third-order valence-electron chi connectivity index (χ3n) is 16.2. The standard InChI is InChI=1S/C68H117NO18/c1-3-5-7-9-11-13-15-17-19-20-21-22-23-24-25-26-27-28-29-30-32-34-36-38-40-42-44-46-56(74)69-51(52(73)45-43-41-39-37-35-33-31-18-16-14-12-10-8-6-4-2)50-82-66-62(80)59(77)64(54(48-71)84-66)87-68-63(81)60(78)65(55(49-72)85-68)86-67-61(79)58(76)57(75)53(47-70)83-67/h5,7,11,13,17,19,21-22,24-25,27-28,43,45,51-55,57-68,70-73,75-81H,3-4,6,8-10,12,14-16,18,20,23,26,29-42,44,46-50H2,1-2H3,(H,69,74)/b7-5-,13-11-,19-17-,22-21-,25-24-,28-27-,45-43+. The smallest absolute Gasteiger partial charge is 0.220 e. The Labute approximate surface area is 520 Å². The van der Waals surface area contributed by atoms with E-state index >= 15 is 0 Å². The van der Waals surface area contributed by atoms with E-state index in [1.165, 1.54) is 77.0 Å². The summed E-state index contributed by atoms with van der Waals surface area (Å²) in [7, 11) is 0. The molecule has 87 heavy (non-hydrogen) atoms. The maximum atomic E-state index is 13.4. The summed E-state index contributed by atoms with van der Waals surface area (Å²) in [6.45, 7) is 1.59. The molecule has 3 aliphatic rings. The van der Waals surface area contributed by atoms with E-state index in [0.29, 0.717) is 6.42 Å². The molecule has 3 rings (SSSR count). The zero-order valence-corrected chi connectivity index (χ0v) is 52.7. The second kappa shape index (κ2) is 49.6. The van der Waals surface area contributed by atoms with Gasteiger partial charge in [-0.15, -0.1) is 0 Å². The number of allylic oxidation sites excluding steroid dienone is 13. The summed E-state index contributed by atoms with van der Waals surface area (Å²) in [6.07, 6.45) is 35.5. The van der Waals surface area contributed by atoms with Crippen LogP contribution in [0.3, 0.4) is 0 Å². The SMILES string of the molecule is CC/C=C\C/C=C\C/C=C\C/C=C\C/C=C\C/C=C\CCCCCCCCCCC(=O)NC(COC1OC(CO)C(OC2OC(CO)C(OC3OC(CO)C(O)C(O)C3O)C(O)C2O)C(O)C1O)C(O)/C=C/CCCCCCCCCCCCCCC. The molecule has 502 valence electrons. The normalized spacial score (nSPS) is 29.1. The van der Waals surface area contributed by atoms with E-state index in [2.05, 4.69) is 92.1 Å². The molecule has 1 amide bonds. The molecule has 0 aromatic heterocycles. The zero-order valence-electron chi connectivity index (χ0n) is 52.7. The molecule has 3 aliphatic heterocycles. The first-order chi connectivity index (χ1) is 42.3. The summed E-state index contributed by atoms with van der Waals surface area (Å²) >= 11 is 0. The Morgan fingerprint density at radius 1 is 0.425 bits per heavy atom. The minimum Gasteiger partial charge on any atom is -0.394 e. The van der Waals surface area contributed by atoms with Crippen LogP contribution >= 0.6 is 0 Å². The predicted molar refractivity (Wildman–Crippen MR) is 337 cm³/mol. The van der Waals surface area contributed by atoms with Crippen molar-refractivity contribution in [2.45, 2.75) is 311 Å². The third-order valence-corrected chi connectivity index (χ3v) is 16.2. The van der Waals surface area contributed by atoms with Crippen LogP contribution in [0, 0.1) is 0 Å². The number of ether oxygens (including phenoxy) is 6. The first-order valence-corrected chi connectivity index (χ1v) is 33.3. The molecular formula is C68H117NO18. The topological polar surface area (TPSA) is 307 Å². The fourth-order valence-corrected chi connectivity index (χ4v) is 10.8. The fraction of sp³-hybridized carbons (Fsp3) is 0.779. The monoisotopic (exact) mass is 1240 g/mol. The fourth-order valence-electron chi connectivity index (χ4n) is 10.8. The van der Waals surface area contributed by atoms with Gasteiger partial charge in [-0.25, -0.2) is 0 Å². The van der Waals surface area contributed by atoms with Gasteiger partial charge < -0.3 is 89.9 Å². The van der Waals surface area contributed by atoms with Crippen LogP contribution in [0.25, 0.3) is 0 Å². The summed E-state index contributed by atoms with van der Waals surface area (Å²) in [5.74, 6) is -0.288. The van der Waals surface area contributed by atoms with Crippen LogP contribution in [0.5, 0.6) is 0 Å². The van der Waals surface area contributed by atoms with E-state index < -0.39 is 124 Å². The van der Waals surface area contributed by atoms with Gasteiger partial charge in [0, 0.05) is 6.42 Å². The Kier molecular flexibility index (Phi) is 44.6. The van der Waals surface area contributed by atoms with Gasteiger partial charge in [0.25, 0.3) is 0 Å². The number of amides is 1. The summed E-state index contributed by atoms with van der Waals surface area (Å²) in [5.41, 5.74) is 0. The molecule has 0 saturated carbocycles. The van der Waals surface area contributed by atoms with Gasteiger partial charge in [-0.2, -0.15) is 0 Å². The summed E-state index contributed by atoms with van der Waals surface area (Å²) in [6, 6.07) is -0.983. The van der Waals surface area contributed by atoms with E-state index in [-0.39, 0.29) is 18.9 Å². The molecule has 3 fully saturated rings. The van der Waals surface area contributed by atoms with Crippen molar-refractivity contribution in [3.63, 3.8) is 0 Å². The maximum Gasteiger partial charge on any atom is 0.220 e. The number of carbonyl (C=O) groups excluding carboxylic acids is 1. The molecule has 19 heteroatoms. The third kappa shape index (κ3) is 32.2. The molecule has 0 aliphatic carbocycles. The summed E-state index contributed by atoms with van der Waals surface area (Å²) < 4.78 is 34.3. The molecular weight excluding hydrogens is 1120 g/mol. The Morgan fingerprint density at radius 3 is 1.24 bits per heavy atom. The highest BCUT2D eigenvalue weighted by Gasteiger charge is 2.53. The van der Waals surface area contributed by atoms with Gasteiger partial charge in [0.05, 0.1) is 38.6 Å². The lowest BCUT2D eigenvalue weighted by atomic mass is 9.96. The van der Waals surface area contributed by atoms with Crippen LogP contribution < -0.4 is 5.32 Å². The Morgan fingerprint density at radius 2 is 0.793 bits per heavy atom. The minimum atomic E-state index is -1.98. The van der Waals surface area contributed by atoms with Gasteiger partial charge in [0.2, 0.25) is 5.91 Å². The van der Waals surface area contributed by atoms with Gasteiger partial charge in [-0.05, 0) is 70.6 Å². The molecule has 19 nitrogen and oxygen atoms in total. The molecule has 17 atom stereocenters. The van der Waals surface area contributed by atoms with Gasteiger partial charge in [-0.1, -0.05) is 214 Å². The number of hydrogen-bond acceptors (Lipinski definition) is 18. The Hall–Kier alpha value is -3.03. The van der Waals surface area contributed by atoms with Crippen molar-refractivity contribution in [2.75, 3.05) is 26.4 Å². The zero-order chi connectivity index (χ0) is 63.3. The van der Waals surface area contributed by atoms with Crippen molar-refractivity contribution in [1.82, 2.24) is 5.32 Å². The van der Waals surface area contributed by atoms with E-state index in [0.717, 1.165) is 103 Å². The lowest BCUT2D eigenvalue weighted by Crippen LogP contribution is -2.66. The highest BCUT2D eigenvalue weighted by molar-refractivity contribution is 5.76. The molecule has 12 N–H and O–H groups in total. The average molecular weight is 1240 g/mol. The number of rotatable bonds is 49. The number of unbranched alkanes of at least 4 members (excludes halogenated alkanes) is 21. The van der Waals surface area contributed by atoms with Gasteiger partial charge in [-0.3, -0.25) is 4.79 Å². The highest BCUT2D eigenvalue weighted by Crippen LogP contribution is 2.33. The first kappa shape index (κ1) is 78.2. The highest BCUT2D eigenvalue weighted by atomic mass is 16.8. The molecule has 3 saturated heterocycles. The maximum absolute atomic E-state index is 13.4. The molecule has 0 aromatic carbocycles. The van der Waals surface area contributed by atoms with E-state index in [9.17, 15) is 61.0 Å². The molecule has 17 unspecified atom stereocenters. The number of carbonyl (C=O) groups is 1. The number of hydrogen-bond donors (Lipinski definition) is 12. The summed E-state index contributed by atoms with van der Waals surface area (Å²) in [4.78, 5) is 13.4. The van der Waals surface area contributed by atoms with Gasteiger partial charge >= 0.3 is 0 Å². The quantitative estimate of drug-likeness (QED) is 0.0203. The van der Waals surface area contributed by atoms with Crippen LogP contribution in [0.4, 0.5) is 0 Å². The van der Waals surface area contributed by atoms with Crippen molar-refractivity contribution in [1.29, 1.82) is 0 Å². The van der Waals surface area contributed by atoms with Crippen LogP contribution in [-0.2, 0) is 33.2 Å². The van der Waals surface area contributed by atoms with Crippen LogP contribution in [0.2, 0.25) is 0 Å². The van der Waals surface area contributed by atoms with E-state index in [1.807, 2.05) is 6.08 Å². The average Bonchev–Trinajstić information content (AvgIpc) is 1.10. The van der Waals surface area contributed by atoms with Crippen molar-refractivity contribution >= 4 is 5.91 Å². The van der Waals surface area contributed by atoms with Gasteiger partial charge in [0.1, 0.15) is 73.2 Å². The lowest BCUT2D eigenvalue weighted by Gasteiger charge is -2.48. The van der Waals surface area contributed by atoms with E-state index in [4.69, 9.17) is 28.4 Å². The van der Waals surface area contributed by atoms with Crippen LogP contribution in [0.1, 0.15) is 206 Å².